The van der Waals surface area contributed by atoms with Gasteiger partial charge in [-0.1, -0.05) is 6.92 Å². The van der Waals surface area contributed by atoms with Gasteiger partial charge in [-0.2, -0.15) is 0 Å². The molecule has 6 nitrogen and oxygen atoms in total. The molecule has 2 rings (SSSR count). The minimum absolute atomic E-state index is 0.260. The Kier molecular flexibility index (Phi) is 6.22. The molecule has 0 aromatic rings. The maximum Gasteiger partial charge on any atom is 0.214 e. The Morgan fingerprint density at radius 2 is 2.00 bits per heavy atom. The molecule has 2 saturated heterocycles. The summed E-state index contributed by atoms with van der Waals surface area (Å²) < 4.78 is 31.6. The average molecular weight is 305 g/mol. The van der Waals surface area contributed by atoms with E-state index in [1.807, 2.05) is 6.92 Å². The van der Waals surface area contributed by atoms with Gasteiger partial charge in [0.05, 0.1) is 19.0 Å². The van der Waals surface area contributed by atoms with Crippen molar-refractivity contribution in [2.24, 2.45) is 0 Å². The van der Waals surface area contributed by atoms with Crippen LogP contribution >= 0.6 is 0 Å². The van der Waals surface area contributed by atoms with E-state index in [0.717, 1.165) is 45.8 Å². The van der Waals surface area contributed by atoms with Crippen molar-refractivity contribution in [3.8, 4) is 0 Å². The average Bonchev–Trinajstić information content (AvgIpc) is 2.95. The highest BCUT2D eigenvalue weighted by molar-refractivity contribution is 7.89. The summed E-state index contributed by atoms with van der Waals surface area (Å²) in [5, 5.41) is 3.17. The summed E-state index contributed by atoms with van der Waals surface area (Å²) in [5.74, 6) is 0.260. The number of morpholine rings is 1. The molecule has 1 N–H and O–H groups in total. The molecular weight excluding hydrogens is 278 g/mol. The van der Waals surface area contributed by atoms with Crippen molar-refractivity contribution in [3.63, 3.8) is 0 Å². The van der Waals surface area contributed by atoms with E-state index in [0.29, 0.717) is 25.6 Å². The van der Waals surface area contributed by atoms with Crippen LogP contribution in [0.2, 0.25) is 0 Å². The van der Waals surface area contributed by atoms with Crippen LogP contribution in [0.4, 0.5) is 0 Å². The van der Waals surface area contributed by atoms with Gasteiger partial charge in [-0.3, -0.25) is 4.90 Å². The Hall–Kier alpha value is -0.210. The van der Waals surface area contributed by atoms with E-state index in [4.69, 9.17) is 4.74 Å². The van der Waals surface area contributed by atoms with Crippen LogP contribution in [0, 0.1) is 0 Å². The van der Waals surface area contributed by atoms with Crippen molar-refractivity contribution in [1.29, 1.82) is 0 Å². The Balaban J connectivity index is 1.78. The van der Waals surface area contributed by atoms with Gasteiger partial charge in [0.2, 0.25) is 10.0 Å². The minimum Gasteiger partial charge on any atom is -0.379 e. The van der Waals surface area contributed by atoms with E-state index in [2.05, 4.69) is 10.2 Å². The standard InChI is InChI=1S/C13H27N3O3S/c1-2-14-5-3-11-20(17,18)16-6-4-13(12-16)15-7-9-19-10-8-15/h13-14H,2-12H2,1H3. The van der Waals surface area contributed by atoms with Crippen LogP contribution in [-0.4, -0.2) is 81.9 Å². The second-order valence-electron chi connectivity index (χ2n) is 5.47. The van der Waals surface area contributed by atoms with Crippen molar-refractivity contribution in [2.75, 3.05) is 58.2 Å². The summed E-state index contributed by atoms with van der Waals surface area (Å²) in [5.41, 5.74) is 0. The molecule has 1 atom stereocenters. The zero-order valence-electron chi connectivity index (χ0n) is 12.4. The quantitative estimate of drug-likeness (QED) is 0.656. The first-order chi connectivity index (χ1) is 9.63. The summed E-state index contributed by atoms with van der Waals surface area (Å²) in [6.07, 6.45) is 1.64. The van der Waals surface area contributed by atoms with Crippen LogP contribution < -0.4 is 5.32 Å². The van der Waals surface area contributed by atoms with Gasteiger partial charge >= 0.3 is 0 Å². The van der Waals surface area contributed by atoms with Crippen LogP contribution in [0.5, 0.6) is 0 Å². The highest BCUT2D eigenvalue weighted by atomic mass is 32.2. The van der Waals surface area contributed by atoms with Gasteiger partial charge in [0, 0.05) is 32.2 Å². The lowest BCUT2D eigenvalue weighted by Crippen LogP contribution is -2.45. The molecular formula is C13H27N3O3S. The number of ether oxygens (including phenoxy) is 1. The smallest absolute Gasteiger partial charge is 0.214 e. The third kappa shape index (κ3) is 4.39. The van der Waals surface area contributed by atoms with E-state index >= 15 is 0 Å². The summed E-state index contributed by atoms with van der Waals surface area (Å²) in [4.78, 5) is 2.37. The van der Waals surface area contributed by atoms with E-state index in [9.17, 15) is 8.42 Å². The maximum absolute atomic E-state index is 12.3. The van der Waals surface area contributed by atoms with Crippen LogP contribution in [0.25, 0.3) is 0 Å². The summed E-state index contributed by atoms with van der Waals surface area (Å²) in [7, 11) is -3.08. The molecule has 0 radical (unpaired) electrons. The number of nitrogens with one attached hydrogen (secondary N) is 1. The van der Waals surface area contributed by atoms with Crippen molar-refractivity contribution in [1.82, 2.24) is 14.5 Å². The molecule has 2 aliphatic rings. The molecule has 7 heteroatoms. The van der Waals surface area contributed by atoms with Gasteiger partial charge in [-0.15, -0.1) is 0 Å². The fraction of sp³-hybridized carbons (Fsp3) is 1.00. The highest BCUT2D eigenvalue weighted by Gasteiger charge is 2.34. The third-order valence-electron chi connectivity index (χ3n) is 4.09. The number of hydrogen-bond acceptors (Lipinski definition) is 5. The zero-order valence-corrected chi connectivity index (χ0v) is 13.2. The molecule has 0 spiro atoms. The number of sulfonamides is 1. The van der Waals surface area contributed by atoms with Gasteiger partial charge in [0.25, 0.3) is 0 Å². The summed E-state index contributed by atoms with van der Waals surface area (Å²) >= 11 is 0. The third-order valence-corrected chi connectivity index (χ3v) is 6.01. The van der Waals surface area contributed by atoms with Crippen LogP contribution in [0.15, 0.2) is 0 Å². The van der Waals surface area contributed by atoms with Crippen LogP contribution in [0.1, 0.15) is 19.8 Å². The van der Waals surface area contributed by atoms with Crippen molar-refractivity contribution < 1.29 is 13.2 Å². The number of rotatable bonds is 7. The largest absolute Gasteiger partial charge is 0.379 e. The lowest BCUT2D eigenvalue weighted by atomic mass is 10.2. The van der Waals surface area contributed by atoms with E-state index in [-0.39, 0.29) is 5.75 Å². The van der Waals surface area contributed by atoms with Crippen molar-refractivity contribution >= 4 is 10.0 Å². The maximum atomic E-state index is 12.3. The number of hydrogen-bond donors (Lipinski definition) is 1. The van der Waals surface area contributed by atoms with Crippen LogP contribution in [-0.2, 0) is 14.8 Å². The van der Waals surface area contributed by atoms with Gasteiger partial charge in [0.1, 0.15) is 0 Å². The molecule has 118 valence electrons. The fourth-order valence-corrected chi connectivity index (χ4v) is 4.44. The van der Waals surface area contributed by atoms with E-state index in [1.54, 1.807) is 4.31 Å². The van der Waals surface area contributed by atoms with Gasteiger partial charge in [-0.05, 0) is 25.9 Å². The molecule has 2 fully saturated rings. The van der Waals surface area contributed by atoms with Gasteiger partial charge < -0.3 is 10.1 Å². The Morgan fingerprint density at radius 3 is 2.70 bits per heavy atom. The Labute approximate surface area is 122 Å². The molecule has 20 heavy (non-hydrogen) atoms. The highest BCUT2D eigenvalue weighted by Crippen LogP contribution is 2.20. The number of nitrogens with zero attached hydrogens (tertiary/aromatic N) is 2. The summed E-state index contributed by atoms with van der Waals surface area (Å²) in [6.45, 7) is 8.42. The van der Waals surface area contributed by atoms with Gasteiger partial charge in [0.15, 0.2) is 0 Å². The zero-order chi connectivity index (χ0) is 14.4. The van der Waals surface area contributed by atoms with Crippen LogP contribution in [0.3, 0.4) is 0 Å². The van der Waals surface area contributed by atoms with Crippen molar-refractivity contribution in [2.45, 2.75) is 25.8 Å². The second kappa shape index (κ2) is 7.70. The SMILES string of the molecule is CCNCCCS(=O)(=O)N1CCC(N2CCOCC2)C1. The molecule has 0 aliphatic carbocycles. The molecule has 1 unspecified atom stereocenters. The molecule has 0 bridgehead atoms. The monoisotopic (exact) mass is 305 g/mol. The normalized spacial score (nSPS) is 26.1. The summed E-state index contributed by atoms with van der Waals surface area (Å²) in [6, 6.07) is 0.377. The molecule has 0 aromatic carbocycles. The Morgan fingerprint density at radius 1 is 1.25 bits per heavy atom. The van der Waals surface area contributed by atoms with Gasteiger partial charge in [-0.25, -0.2) is 12.7 Å². The predicted molar refractivity (Wildman–Crippen MR) is 79.3 cm³/mol. The first kappa shape index (κ1) is 16.2. The van der Waals surface area contributed by atoms with E-state index < -0.39 is 10.0 Å². The predicted octanol–water partition coefficient (Wildman–Crippen LogP) is -0.278. The lowest BCUT2D eigenvalue weighted by molar-refractivity contribution is 0.0197. The van der Waals surface area contributed by atoms with Crippen molar-refractivity contribution in [3.05, 3.63) is 0 Å². The van der Waals surface area contributed by atoms with E-state index in [1.165, 1.54) is 0 Å². The minimum atomic E-state index is -3.08. The second-order valence-corrected chi connectivity index (χ2v) is 7.56. The molecule has 0 saturated carbocycles. The fourth-order valence-electron chi connectivity index (χ4n) is 2.89. The first-order valence-electron chi connectivity index (χ1n) is 7.64. The molecule has 0 amide bonds. The molecule has 2 heterocycles. The molecule has 0 aromatic heterocycles. The first-order valence-corrected chi connectivity index (χ1v) is 9.24. The Bertz CT molecular complexity index is 382. The topological polar surface area (TPSA) is 61.9 Å². The lowest BCUT2D eigenvalue weighted by Gasteiger charge is -2.32. The molecule has 2 aliphatic heterocycles.